The largest absolute Gasteiger partial charge is 2.00 e. The molecule has 52 valence electrons. The summed E-state index contributed by atoms with van der Waals surface area (Å²) in [5.74, 6) is 0. The van der Waals surface area contributed by atoms with Crippen molar-refractivity contribution < 1.29 is 0 Å². The molecule has 0 saturated carbocycles. The van der Waals surface area contributed by atoms with Gasteiger partial charge in [-0.3, -0.25) is 0 Å². The Hall–Kier alpha value is 0.726. The fraction of sp³-hybridized carbons (Fsp3) is 0.714. The average Bonchev–Trinajstić information content (AvgIpc) is 1.72. The van der Waals surface area contributed by atoms with E-state index in [1.54, 1.807) is 6.92 Å². The van der Waals surface area contributed by atoms with Gasteiger partial charge in [-0.05, 0) is 20.6 Å². The summed E-state index contributed by atoms with van der Waals surface area (Å²) in [6, 6.07) is 0. The van der Waals surface area contributed by atoms with Crippen LogP contribution in [0.4, 0.5) is 0 Å². The molecule has 9 heavy (non-hydrogen) atoms. The van der Waals surface area contributed by atoms with Crippen molar-refractivity contribution in [3.05, 3.63) is 13.8 Å². The Bertz CT molecular complexity index is 30.1. The molecular weight excluding hydrogens is 122 g/mol. The maximum absolute atomic E-state index is 3.68. The Labute approximate surface area is 76.0 Å². The Balaban J connectivity index is -0.000000109. The molecule has 0 atom stereocenters. The maximum atomic E-state index is 3.68. The van der Waals surface area contributed by atoms with Gasteiger partial charge in [-0.2, -0.15) is 13.3 Å². The van der Waals surface area contributed by atoms with Crippen LogP contribution in [-0.2, 0) is 0 Å². The molecule has 0 radical (unpaired) electrons. The first-order valence-electron chi connectivity index (χ1n) is 2.92. The molecule has 0 aliphatic rings. The number of nitrogens with zero attached hydrogens (tertiary/aromatic N) is 1. The molecule has 0 unspecified atom stereocenters. The second kappa shape index (κ2) is 15.9. The van der Waals surface area contributed by atoms with Gasteiger partial charge in [-0.25, -0.2) is 0 Å². The Morgan fingerprint density at radius 2 is 1.56 bits per heavy atom. The zero-order chi connectivity index (χ0) is 6.99. The van der Waals surface area contributed by atoms with E-state index in [4.69, 9.17) is 0 Å². The van der Waals surface area contributed by atoms with Crippen molar-refractivity contribution in [2.45, 2.75) is 13.3 Å². The summed E-state index contributed by atoms with van der Waals surface area (Å²) in [5, 5.41) is 0. The molecule has 0 spiro atoms. The van der Waals surface area contributed by atoms with Crippen molar-refractivity contribution >= 4 is 23.1 Å². The van der Waals surface area contributed by atoms with E-state index in [1.165, 1.54) is 0 Å². The molecule has 0 aliphatic carbocycles. The van der Waals surface area contributed by atoms with Crippen LogP contribution in [0.1, 0.15) is 13.3 Å². The fourth-order valence-electron chi connectivity index (χ4n) is 0.316. The first-order valence-corrected chi connectivity index (χ1v) is 2.92. The van der Waals surface area contributed by atoms with E-state index in [0.717, 1.165) is 13.0 Å². The van der Waals surface area contributed by atoms with Gasteiger partial charge in [0.15, 0.2) is 0 Å². The molecule has 2 heteroatoms. The van der Waals surface area contributed by atoms with Crippen LogP contribution in [0.25, 0.3) is 0 Å². The third-order valence-corrected chi connectivity index (χ3v) is 0.605. The van der Waals surface area contributed by atoms with Gasteiger partial charge in [0, 0.05) is 0 Å². The zero-order valence-electron chi connectivity index (χ0n) is 6.98. The van der Waals surface area contributed by atoms with Crippen molar-refractivity contribution in [2.75, 3.05) is 20.6 Å². The molecule has 0 aromatic rings. The molecular formula is C7H17MgN. The van der Waals surface area contributed by atoms with Gasteiger partial charge in [0.05, 0.1) is 0 Å². The van der Waals surface area contributed by atoms with Crippen molar-refractivity contribution in [1.82, 2.24) is 4.90 Å². The first-order chi connectivity index (χ1) is 3.77. The van der Waals surface area contributed by atoms with Gasteiger partial charge >= 0.3 is 23.1 Å². The monoisotopic (exact) mass is 139 g/mol. The normalized spacial score (nSPS) is 7.33. The summed E-state index contributed by atoms with van der Waals surface area (Å²) in [6.07, 6.45) is 1.01. The van der Waals surface area contributed by atoms with Crippen LogP contribution in [0.3, 0.4) is 0 Å². The van der Waals surface area contributed by atoms with Gasteiger partial charge in [0.2, 0.25) is 0 Å². The predicted molar refractivity (Wildman–Crippen MR) is 45.3 cm³/mol. The van der Waals surface area contributed by atoms with Crippen LogP contribution in [0.5, 0.6) is 0 Å². The second-order valence-corrected chi connectivity index (χ2v) is 1.66. The van der Waals surface area contributed by atoms with Gasteiger partial charge in [-0.1, -0.05) is 0 Å². The molecule has 0 rings (SSSR count). The average molecular weight is 140 g/mol. The van der Waals surface area contributed by atoms with Crippen LogP contribution in [-0.4, -0.2) is 48.6 Å². The van der Waals surface area contributed by atoms with E-state index in [2.05, 4.69) is 18.7 Å². The van der Waals surface area contributed by atoms with Crippen LogP contribution < -0.4 is 0 Å². The predicted octanol–water partition coefficient (Wildman–Crippen LogP) is 1.23. The molecule has 0 aliphatic heterocycles. The van der Waals surface area contributed by atoms with E-state index < -0.39 is 0 Å². The molecule has 0 aromatic heterocycles. The summed E-state index contributed by atoms with van der Waals surface area (Å²) in [5.41, 5.74) is 0. The molecule has 1 nitrogen and oxygen atoms in total. The maximum Gasteiger partial charge on any atom is 2.00 e. The van der Waals surface area contributed by atoms with Crippen LogP contribution in [0.15, 0.2) is 0 Å². The van der Waals surface area contributed by atoms with E-state index in [0.29, 0.717) is 0 Å². The Morgan fingerprint density at radius 3 is 1.56 bits per heavy atom. The smallest absolute Gasteiger partial charge is 0.346 e. The Kier molecular flexibility index (Phi) is 28.9. The fourth-order valence-corrected chi connectivity index (χ4v) is 0.316. The topological polar surface area (TPSA) is 3.24 Å². The zero-order valence-corrected chi connectivity index (χ0v) is 8.40. The second-order valence-electron chi connectivity index (χ2n) is 1.66. The minimum Gasteiger partial charge on any atom is -0.346 e. The van der Waals surface area contributed by atoms with Crippen molar-refractivity contribution in [3.63, 3.8) is 0 Å². The summed E-state index contributed by atoms with van der Waals surface area (Å²) in [6.45, 7) is 9.78. The number of rotatable bonds is 2. The molecule has 0 aromatic carbocycles. The summed E-state index contributed by atoms with van der Waals surface area (Å²) in [4.78, 5) is 2.12. The van der Waals surface area contributed by atoms with Gasteiger partial charge in [-0.15, -0.1) is 0 Å². The first kappa shape index (κ1) is 16.4. The van der Waals surface area contributed by atoms with E-state index >= 15 is 0 Å². The third kappa shape index (κ3) is 28.4. The van der Waals surface area contributed by atoms with Crippen molar-refractivity contribution in [3.8, 4) is 0 Å². The number of hydrogen-bond donors (Lipinski definition) is 0. The summed E-state index contributed by atoms with van der Waals surface area (Å²) >= 11 is 0. The molecule has 0 N–H and O–H groups in total. The molecule has 0 fully saturated rings. The van der Waals surface area contributed by atoms with E-state index in [-0.39, 0.29) is 23.1 Å². The quantitative estimate of drug-likeness (QED) is 0.411. The van der Waals surface area contributed by atoms with Crippen molar-refractivity contribution in [2.24, 2.45) is 0 Å². The SMILES string of the molecule is [CH2-]C.[CH2-]CCN(C)C.[Mg+2]. The summed E-state index contributed by atoms with van der Waals surface area (Å²) in [7, 11) is 4.09. The Morgan fingerprint density at radius 1 is 1.22 bits per heavy atom. The minimum absolute atomic E-state index is 0. The van der Waals surface area contributed by atoms with Gasteiger partial charge < -0.3 is 18.7 Å². The van der Waals surface area contributed by atoms with Crippen LogP contribution in [0, 0.1) is 13.8 Å². The van der Waals surface area contributed by atoms with E-state index in [9.17, 15) is 0 Å². The van der Waals surface area contributed by atoms with Crippen molar-refractivity contribution in [1.29, 1.82) is 0 Å². The van der Waals surface area contributed by atoms with Crippen LogP contribution in [0.2, 0.25) is 0 Å². The van der Waals surface area contributed by atoms with Gasteiger partial charge in [0.25, 0.3) is 0 Å². The van der Waals surface area contributed by atoms with Crippen LogP contribution >= 0.6 is 0 Å². The number of hydrogen-bond acceptors (Lipinski definition) is 1. The third-order valence-electron chi connectivity index (χ3n) is 0.605. The molecule has 0 amide bonds. The van der Waals surface area contributed by atoms with Gasteiger partial charge in [0.1, 0.15) is 0 Å². The molecule has 0 heterocycles. The molecule has 0 saturated heterocycles. The molecule has 0 bridgehead atoms. The standard InChI is InChI=1S/C5H12N.C2H5.Mg/c1-4-5-6(2)3;1-2;/h1,4-5H2,2-3H3;1H2,2H3;/q2*-1;+2. The minimum atomic E-state index is 0. The summed E-state index contributed by atoms with van der Waals surface area (Å²) < 4.78 is 0. The van der Waals surface area contributed by atoms with E-state index in [1.807, 2.05) is 14.1 Å².